The fraction of sp³-hybridized carbons (Fsp3) is 0.310. The predicted octanol–water partition coefficient (Wildman–Crippen LogP) is 6.99. The van der Waals surface area contributed by atoms with Crippen molar-refractivity contribution in [1.82, 2.24) is 4.98 Å². The van der Waals surface area contributed by atoms with E-state index in [4.69, 9.17) is 4.74 Å². The van der Waals surface area contributed by atoms with E-state index in [1.165, 1.54) is 12.1 Å². The highest BCUT2D eigenvalue weighted by Gasteiger charge is 2.25. The van der Waals surface area contributed by atoms with Crippen molar-refractivity contribution < 1.29 is 36.7 Å². The van der Waals surface area contributed by atoms with Crippen LogP contribution in [0.4, 0.5) is 23.2 Å². The van der Waals surface area contributed by atoms with Gasteiger partial charge in [-0.3, -0.25) is 14.4 Å². The molecule has 11 heteroatoms. The van der Waals surface area contributed by atoms with E-state index in [9.17, 15) is 27.6 Å². The van der Waals surface area contributed by atoms with Crippen molar-refractivity contribution in [3.63, 3.8) is 0 Å². The SMILES string of the molecule is CC(C)(C)C(=O)CCc1ccc(F)c(C(=O)Cc2cnc(OCC(F)F)c(C(=O)Nc3ccc(Br)cc3)c2)c1F. The molecule has 2 aromatic carbocycles. The summed E-state index contributed by atoms with van der Waals surface area (Å²) in [6.07, 6.45) is -2.26. The van der Waals surface area contributed by atoms with E-state index in [2.05, 4.69) is 26.2 Å². The first-order chi connectivity index (χ1) is 18.8. The van der Waals surface area contributed by atoms with Crippen molar-refractivity contribution in [2.24, 2.45) is 5.41 Å². The summed E-state index contributed by atoms with van der Waals surface area (Å²) in [6, 6.07) is 9.89. The molecule has 0 atom stereocenters. The minimum atomic E-state index is -2.83. The van der Waals surface area contributed by atoms with Crippen LogP contribution < -0.4 is 10.1 Å². The van der Waals surface area contributed by atoms with Crippen molar-refractivity contribution in [3.8, 4) is 5.88 Å². The van der Waals surface area contributed by atoms with Crippen molar-refractivity contribution in [1.29, 1.82) is 0 Å². The molecule has 0 saturated carbocycles. The van der Waals surface area contributed by atoms with Crippen molar-refractivity contribution in [3.05, 3.63) is 87.0 Å². The van der Waals surface area contributed by atoms with Crippen molar-refractivity contribution in [2.75, 3.05) is 11.9 Å². The zero-order valence-electron chi connectivity index (χ0n) is 22.0. The van der Waals surface area contributed by atoms with Gasteiger partial charge in [-0.25, -0.2) is 22.5 Å². The Kier molecular flexibility index (Phi) is 10.2. The highest BCUT2D eigenvalue weighted by Crippen LogP contribution is 2.25. The third kappa shape index (κ3) is 8.20. The second kappa shape index (κ2) is 13.2. The number of anilines is 1. The summed E-state index contributed by atoms with van der Waals surface area (Å²) >= 11 is 3.28. The fourth-order valence-electron chi connectivity index (χ4n) is 3.68. The first-order valence-electron chi connectivity index (χ1n) is 12.3. The highest BCUT2D eigenvalue weighted by molar-refractivity contribution is 9.10. The number of ether oxygens (including phenoxy) is 1. The minimum absolute atomic E-state index is 0.0133. The lowest BCUT2D eigenvalue weighted by molar-refractivity contribution is -0.126. The van der Waals surface area contributed by atoms with Gasteiger partial charge in [-0.1, -0.05) is 42.8 Å². The molecule has 3 aromatic rings. The van der Waals surface area contributed by atoms with E-state index < -0.39 is 59.6 Å². The van der Waals surface area contributed by atoms with E-state index >= 15 is 4.39 Å². The molecule has 1 heterocycles. The Bertz CT molecular complexity index is 1410. The van der Waals surface area contributed by atoms with Crippen molar-refractivity contribution >= 4 is 39.1 Å². The Hall–Kier alpha value is -3.60. The topological polar surface area (TPSA) is 85.4 Å². The maximum Gasteiger partial charge on any atom is 0.272 e. The summed E-state index contributed by atoms with van der Waals surface area (Å²) in [7, 11) is 0. The van der Waals surface area contributed by atoms with Gasteiger partial charge in [-0.05, 0) is 53.9 Å². The van der Waals surface area contributed by atoms with E-state index in [-0.39, 0.29) is 35.3 Å². The summed E-state index contributed by atoms with van der Waals surface area (Å²) in [4.78, 5) is 42.1. The molecule has 212 valence electrons. The molecular weight excluding hydrogens is 596 g/mol. The van der Waals surface area contributed by atoms with Crippen LogP contribution in [0, 0.1) is 17.0 Å². The Morgan fingerprint density at radius 1 is 1.05 bits per heavy atom. The van der Waals surface area contributed by atoms with Crippen molar-refractivity contribution in [2.45, 2.75) is 46.5 Å². The molecule has 6 nitrogen and oxygen atoms in total. The molecule has 0 spiro atoms. The average Bonchev–Trinajstić information content (AvgIpc) is 2.88. The zero-order valence-corrected chi connectivity index (χ0v) is 23.6. The standard InChI is InChI=1S/C29H27BrF4N2O4/c1-29(2,3)23(38)11-5-17-4-10-21(31)25(26(17)34)22(37)13-16-12-20(28(35-14-16)40-15-24(32)33)27(39)36-19-8-6-18(30)7-9-19/h4,6-10,12,14,24H,5,11,13,15H2,1-3H3,(H,36,39). The van der Waals surface area contributed by atoms with Crippen LogP contribution in [-0.2, 0) is 17.6 Å². The molecule has 3 rings (SSSR count). The van der Waals surface area contributed by atoms with Crippen LogP contribution in [-0.4, -0.2) is 35.5 Å². The van der Waals surface area contributed by atoms with Gasteiger partial charge in [0.1, 0.15) is 23.0 Å². The van der Waals surface area contributed by atoms with Gasteiger partial charge in [0.05, 0.1) is 5.56 Å². The number of nitrogens with zero attached hydrogens (tertiary/aromatic N) is 1. The molecular formula is C29H27BrF4N2O4. The van der Waals surface area contributed by atoms with Crippen LogP contribution in [0.25, 0.3) is 0 Å². The van der Waals surface area contributed by atoms with E-state index in [1.54, 1.807) is 45.0 Å². The molecule has 0 aliphatic carbocycles. The average molecular weight is 623 g/mol. The number of hydrogen-bond acceptors (Lipinski definition) is 5. The van der Waals surface area contributed by atoms with E-state index in [0.29, 0.717) is 5.69 Å². The van der Waals surface area contributed by atoms with Crippen LogP contribution in [0.1, 0.15) is 59.0 Å². The lowest BCUT2D eigenvalue weighted by atomic mass is 9.87. The van der Waals surface area contributed by atoms with Gasteiger partial charge in [0.2, 0.25) is 5.88 Å². The quantitative estimate of drug-likeness (QED) is 0.184. The number of aryl methyl sites for hydroxylation is 1. The summed E-state index contributed by atoms with van der Waals surface area (Å²) < 4.78 is 61.0. The molecule has 0 aliphatic rings. The molecule has 0 unspecified atom stereocenters. The van der Waals surface area contributed by atoms with Gasteiger partial charge in [0.15, 0.2) is 12.4 Å². The van der Waals surface area contributed by atoms with Gasteiger partial charge in [-0.2, -0.15) is 0 Å². The number of halogens is 5. The third-order valence-electron chi connectivity index (χ3n) is 5.87. The Balaban J connectivity index is 1.87. The number of carbonyl (C=O) groups is 3. The molecule has 1 N–H and O–H groups in total. The second-order valence-electron chi connectivity index (χ2n) is 10.0. The first-order valence-corrected chi connectivity index (χ1v) is 13.1. The maximum atomic E-state index is 15.2. The predicted molar refractivity (Wildman–Crippen MR) is 145 cm³/mol. The number of aromatic nitrogens is 1. The summed E-state index contributed by atoms with van der Waals surface area (Å²) in [5.41, 5.74) is -1.15. The molecule has 40 heavy (non-hydrogen) atoms. The number of rotatable bonds is 11. The molecule has 0 radical (unpaired) electrons. The highest BCUT2D eigenvalue weighted by atomic mass is 79.9. The number of amides is 1. The zero-order chi connectivity index (χ0) is 29.6. The van der Waals surface area contributed by atoms with E-state index in [0.717, 1.165) is 16.7 Å². The summed E-state index contributed by atoms with van der Waals surface area (Å²) in [5, 5.41) is 2.59. The maximum absolute atomic E-state index is 15.2. The number of alkyl halides is 2. The number of nitrogens with one attached hydrogen (secondary N) is 1. The molecule has 0 aliphatic heterocycles. The normalized spacial score (nSPS) is 11.4. The summed E-state index contributed by atoms with van der Waals surface area (Å²) in [6.45, 7) is 4.18. The number of Topliss-reactive ketones (excluding diaryl/α,β-unsaturated/α-hetero) is 2. The van der Waals surface area contributed by atoms with Crippen LogP contribution in [0.2, 0.25) is 0 Å². The molecule has 0 bridgehead atoms. The van der Waals surface area contributed by atoms with Gasteiger partial charge < -0.3 is 10.1 Å². The number of benzene rings is 2. The molecule has 0 saturated heterocycles. The number of ketones is 2. The van der Waals surface area contributed by atoms with Gasteiger partial charge in [0, 0.05) is 34.6 Å². The van der Waals surface area contributed by atoms with Gasteiger partial charge >= 0.3 is 0 Å². The number of pyridine rings is 1. The Labute approximate surface area is 237 Å². The fourth-order valence-corrected chi connectivity index (χ4v) is 3.95. The van der Waals surface area contributed by atoms with Crippen LogP contribution >= 0.6 is 15.9 Å². The summed E-state index contributed by atoms with van der Waals surface area (Å²) in [5.74, 6) is -4.33. The minimum Gasteiger partial charge on any atom is -0.471 e. The van der Waals surface area contributed by atoms with E-state index in [1.807, 2.05) is 0 Å². The van der Waals surface area contributed by atoms with Crippen LogP contribution in [0.3, 0.4) is 0 Å². The van der Waals surface area contributed by atoms with Crippen LogP contribution in [0.15, 0.2) is 53.1 Å². The smallest absolute Gasteiger partial charge is 0.272 e. The van der Waals surface area contributed by atoms with Crippen LogP contribution in [0.5, 0.6) is 5.88 Å². The Morgan fingerprint density at radius 2 is 1.73 bits per heavy atom. The first kappa shape index (κ1) is 30.9. The number of carbonyl (C=O) groups excluding carboxylic acids is 3. The lowest BCUT2D eigenvalue weighted by Crippen LogP contribution is -2.21. The number of hydrogen-bond donors (Lipinski definition) is 1. The largest absolute Gasteiger partial charge is 0.471 e. The molecule has 0 fully saturated rings. The monoisotopic (exact) mass is 622 g/mol. The molecule has 1 aromatic heterocycles. The third-order valence-corrected chi connectivity index (χ3v) is 6.40. The van der Waals surface area contributed by atoms with Gasteiger partial charge in [0.25, 0.3) is 12.3 Å². The second-order valence-corrected chi connectivity index (χ2v) is 10.9. The molecule has 1 amide bonds. The lowest BCUT2D eigenvalue weighted by Gasteiger charge is -2.17. The Morgan fingerprint density at radius 3 is 2.35 bits per heavy atom. The van der Waals surface area contributed by atoms with Gasteiger partial charge in [-0.15, -0.1) is 0 Å².